The molecule has 1 aliphatic rings. The van der Waals surface area contributed by atoms with Gasteiger partial charge in [0.15, 0.2) is 0 Å². The number of rotatable bonds is 4. The Morgan fingerprint density at radius 3 is 2.82 bits per heavy atom. The van der Waals surface area contributed by atoms with E-state index in [4.69, 9.17) is 9.57 Å². The van der Waals surface area contributed by atoms with Gasteiger partial charge in [-0.25, -0.2) is 0 Å². The van der Waals surface area contributed by atoms with Gasteiger partial charge in [-0.3, -0.25) is 4.79 Å². The number of hydrogen-bond acceptors (Lipinski definition) is 4. The molecule has 1 aliphatic heterocycles. The Hall–Kier alpha value is -2.82. The summed E-state index contributed by atoms with van der Waals surface area (Å²) in [6.07, 6.45) is -0.152. The van der Waals surface area contributed by atoms with E-state index >= 15 is 0 Å². The third kappa shape index (κ3) is 3.09. The zero-order chi connectivity index (χ0) is 15.4. The molecule has 1 atom stereocenters. The van der Waals surface area contributed by atoms with Crippen molar-refractivity contribution in [2.24, 2.45) is 5.16 Å². The summed E-state index contributed by atoms with van der Waals surface area (Å²) in [5.41, 5.74) is 2.42. The van der Waals surface area contributed by atoms with Gasteiger partial charge in [0.05, 0.1) is 12.8 Å². The number of oxime groups is 1. The Morgan fingerprint density at radius 2 is 2.05 bits per heavy atom. The molecule has 1 amide bonds. The van der Waals surface area contributed by atoms with Gasteiger partial charge in [-0.1, -0.05) is 41.6 Å². The van der Waals surface area contributed by atoms with Crippen LogP contribution < -0.4 is 10.1 Å². The lowest BCUT2D eigenvalue weighted by Crippen LogP contribution is -2.28. The first-order valence-electron chi connectivity index (χ1n) is 6.99. The van der Waals surface area contributed by atoms with Crippen LogP contribution in [0.1, 0.15) is 12.0 Å². The molecular formula is C17H16N2O3. The summed E-state index contributed by atoms with van der Waals surface area (Å²) in [4.78, 5) is 17.5. The zero-order valence-electron chi connectivity index (χ0n) is 12.2. The predicted molar refractivity (Wildman–Crippen MR) is 84.1 cm³/mol. The second kappa shape index (κ2) is 6.30. The Labute approximate surface area is 128 Å². The minimum absolute atomic E-state index is 0.220. The molecular weight excluding hydrogens is 280 g/mol. The van der Waals surface area contributed by atoms with Crippen LogP contribution in [0.4, 0.5) is 5.69 Å². The third-order valence-corrected chi connectivity index (χ3v) is 3.41. The number of carbonyl (C=O) groups is 1. The van der Waals surface area contributed by atoms with Gasteiger partial charge in [-0.15, -0.1) is 0 Å². The first-order chi connectivity index (χ1) is 10.8. The number of nitrogens with zero attached hydrogens (tertiary/aromatic N) is 1. The standard InChI is InChI=1S/C17H16N2O3/c1-21-14-9-5-8-13(10-14)18-17(20)16-11-15(19-22-16)12-6-3-2-4-7-12/h2-10,16H,11H2,1H3,(H,18,20)/t16-/m0/s1. The predicted octanol–water partition coefficient (Wildman–Crippen LogP) is 2.83. The fraction of sp³-hybridized carbons (Fsp3) is 0.176. The molecule has 22 heavy (non-hydrogen) atoms. The Kier molecular flexibility index (Phi) is 4.05. The number of hydrogen-bond donors (Lipinski definition) is 1. The lowest BCUT2D eigenvalue weighted by atomic mass is 10.0. The maximum absolute atomic E-state index is 12.2. The number of carbonyl (C=O) groups excluding carboxylic acids is 1. The average molecular weight is 296 g/mol. The van der Waals surface area contributed by atoms with Gasteiger partial charge in [-0.2, -0.15) is 0 Å². The summed E-state index contributed by atoms with van der Waals surface area (Å²) in [6, 6.07) is 16.9. The molecule has 0 bridgehead atoms. The van der Waals surface area contributed by atoms with E-state index in [0.29, 0.717) is 17.9 Å². The molecule has 0 aromatic heterocycles. The van der Waals surface area contributed by atoms with Crippen LogP contribution >= 0.6 is 0 Å². The number of nitrogens with one attached hydrogen (secondary N) is 1. The molecule has 2 aromatic carbocycles. The topological polar surface area (TPSA) is 59.9 Å². The van der Waals surface area contributed by atoms with Crippen LogP contribution in [0.3, 0.4) is 0 Å². The second-order valence-electron chi connectivity index (χ2n) is 4.92. The molecule has 1 heterocycles. The summed E-state index contributed by atoms with van der Waals surface area (Å²) in [5.74, 6) is 0.467. The number of methoxy groups -OCH3 is 1. The average Bonchev–Trinajstić information content (AvgIpc) is 3.06. The molecule has 112 valence electrons. The van der Waals surface area contributed by atoms with Gasteiger partial charge in [0.2, 0.25) is 6.10 Å². The van der Waals surface area contributed by atoms with Gasteiger partial charge in [0.25, 0.3) is 5.91 Å². The summed E-state index contributed by atoms with van der Waals surface area (Å²) in [5, 5.41) is 6.83. The smallest absolute Gasteiger partial charge is 0.268 e. The molecule has 0 aliphatic carbocycles. The Balaban J connectivity index is 1.63. The van der Waals surface area contributed by atoms with E-state index in [-0.39, 0.29) is 5.91 Å². The van der Waals surface area contributed by atoms with Gasteiger partial charge in [0.1, 0.15) is 5.75 Å². The van der Waals surface area contributed by atoms with Crippen LogP contribution in [0.5, 0.6) is 5.75 Å². The number of benzene rings is 2. The fourth-order valence-corrected chi connectivity index (χ4v) is 2.24. The van der Waals surface area contributed by atoms with E-state index in [1.165, 1.54) is 0 Å². The van der Waals surface area contributed by atoms with E-state index in [2.05, 4.69) is 10.5 Å². The second-order valence-corrected chi connectivity index (χ2v) is 4.92. The first kappa shape index (κ1) is 14.1. The van der Waals surface area contributed by atoms with Crippen LogP contribution in [-0.2, 0) is 9.63 Å². The van der Waals surface area contributed by atoms with Crippen LogP contribution in [-0.4, -0.2) is 24.8 Å². The Bertz CT molecular complexity index is 698. The minimum Gasteiger partial charge on any atom is -0.497 e. The highest BCUT2D eigenvalue weighted by Gasteiger charge is 2.28. The molecule has 5 heteroatoms. The van der Waals surface area contributed by atoms with Crippen molar-refractivity contribution in [3.05, 3.63) is 60.2 Å². The quantitative estimate of drug-likeness (QED) is 0.943. The van der Waals surface area contributed by atoms with Gasteiger partial charge in [0, 0.05) is 18.2 Å². The van der Waals surface area contributed by atoms with Crippen molar-refractivity contribution in [2.75, 3.05) is 12.4 Å². The van der Waals surface area contributed by atoms with E-state index in [1.54, 1.807) is 19.2 Å². The lowest BCUT2D eigenvalue weighted by Gasteiger charge is -2.10. The molecule has 2 aromatic rings. The molecule has 0 unspecified atom stereocenters. The molecule has 5 nitrogen and oxygen atoms in total. The maximum Gasteiger partial charge on any atom is 0.268 e. The third-order valence-electron chi connectivity index (χ3n) is 3.41. The molecule has 0 spiro atoms. The van der Waals surface area contributed by atoms with Crippen molar-refractivity contribution in [2.45, 2.75) is 12.5 Å². The summed E-state index contributed by atoms with van der Waals surface area (Å²) in [7, 11) is 1.58. The molecule has 0 saturated carbocycles. The summed E-state index contributed by atoms with van der Waals surface area (Å²) in [6.45, 7) is 0. The fourth-order valence-electron chi connectivity index (χ4n) is 2.24. The van der Waals surface area contributed by atoms with E-state index in [1.807, 2.05) is 42.5 Å². The molecule has 0 saturated heterocycles. The zero-order valence-corrected chi connectivity index (χ0v) is 12.2. The van der Waals surface area contributed by atoms with Gasteiger partial charge >= 0.3 is 0 Å². The van der Waals surface area contributed by atoms with E-state index in [0.717, 1.165) is 11.3 Å². The van der Waals surface area contributed by atoms with Gasteiger partial charge in [-0.05, 0) is 17.7 Å². The van der Waals surface area contributed by atoms with E-state index in [9.17, 15) is 4.79 Å². The summed E-state index contributed by atoms with van der Waals surface area (Å²) < 4.78 is 5.13. The molecule has 0 fully saturated rings. The largest absolute Gasteiger partial charge is 0.497 e. The van der Waals surface area contributed by atoms with Crippen LogP contribution in [0.15, 0.2) is 59.8 Å². The van der Waals surface area contributed by atoms with Crippen molar-refractivity contribution in [1.29, 1.82) is 0 Å². The lowest BCUT2D eigenvalue weighted by molar-refractivity contribution is -0.125. The first-order valence-corrected chi connectivity index (χ1v) is 6.99. The highest BCUT2D eigenvalue weighted by atomic mass is 16.6. The number of anilines is 1. The maximum atomic E-state index is 12.2. The number of ether oxygens (including phenoxy) is 1. The molecule has 0 radical (unpaired) electrons. The minimum atomic E-state index is -0.610. The summed E-state index contributed by atoms with van der Waals surface area (Å²) >= 11 is 0. The molecule has 1 N–H and O–H groups in total. The normalized spacial score (nSPS) is 16.6. The molecule has 3 rings (SSSR count). The Morgan fingerprint density at radius 1 is 1.23 bits per heavy atom. The van der Waals surface area contributed by atoms with Crippen molar-refractivity contribution in [3.8, 4) is 5.75 Å². The van der Waals surface area contributed by atoms with Crippen molar-refractivity contribution in [1.82, 2.24) is 0 Å². The van der Waals surface area contributed by atoms with Crippen molar-refractivity contribution in [3.63, 3.8) is 0 Å². The van der Waals surface area contributed by atoms with Crippen LogP contribution in [0, 0.1) is 0 Å². The number of amides is 1. The van der Waals surface area contributed by atoms with Crippen LogP contribution in [0.25, 0.3) is 0 Å². The SMILES string of the molecule is COc1cccc(NC(=O)[C@@H]2CC(c3ccccc3)=NO2)c1. The highest BCUT2D eigenvalue weighted by Crippen LogP contribution is 2.20. The van der Waals surface area contributed by atoms with E-state index < -0.39 is 6.10 Å². The van der Waals surface area contributed by atoms with Gasteiger partial charge < -0.3 is 14.9 Å². The highest BCUT2D eigenvalue weighted by molar-refractivity contribution is 6.06. The van der Waals surface area contributed by atoms with Crippen molar-refractivity contribution < 1.29 is 14.4 Å². The monoisotopic (exact) mass is 296 g/mol. The van der Waals surface area contributed by atoms with Crippen molar-refractivity contribution >= 4 is 17.3 Å². The van der Waals surface area contributed by atoms with Crippen LogP contribution in [0.2, 0.25) is 0 Å².